The first kappa shape index (κ1) is 29.4. The third-order valence-corrected chi connectivity index (χ3v) is 6.33. The number of ether oxygens (including phenoxy) is 2. The largest absolute Gasteiger partial charge is 0.453 e. The quantitative estimate of drug-likeness (QED) is 0.222. The van der Waals surface area contributed by atoms with E-state index in [9.17, 15) is 24.0 Å². The minimum absolute atomic E-state index is 0.00346. The van der Waals surface area contributed by atoms with Crippen LogP contribution in [0.25, 0.3) is 0 Å². The molecule has 0 bridgehead atoms. The standard InChI is InChI=1S/C30H33NO8/c1-21(33)39-28(27(35)16-15-25(34)14-8-9-17-32)26(19-23-12-6-3-7-13-23)29(36)31-24(20-38-30(31)37)18-22-10-4-2-5-11-22/h2-7,10-13,15-16,24,26,28,32H,8-9,14,17-20H2,1H3/t24-,26-,28-/m1/s1. The van der Waals surface area contributed by atoms with Crippen LogP contribution in [0.5, 0.6) is 0 Å². The maximum atomic E-state index is 14.0. The molecule has 1 aliphatic rings. The smallest absolute Gasteiger partial charge is 0.416 e. The van der Waals surface area contributed by atoms with Gasteiger partial charge in [0.15, 0.2) is 17.7 Å². The van der Waals surface area contributed by atoms with Crippen LogP contribution in [-0.2, 0) is 41.5 Å². The Morgan fingerprint density at radius 2 is 1.64 bits per heavy atom. The second-order valence-corrected chi connectivity index (χ2v) is 9.34. The third kappa shape index (κ3) is 8.71. The lowest BCUT2D eigenvalue weighted by atomic mass is 9.89. The molecule has 1 heterocycles. The van der Waals surface area contributed by atoms with Gasteiger partial charge in [-0.25, -0.2) is 9.69 Å². The summed E-state index contributed by atoms with van der Waals surface area (Å²) in [6, 6.07) is 17.6. The highest BCUT2D eigenvalue weighted by Crippen LogP contribution is 2.26. The van der Waals surface area contributed by atoms with E-state index in [1.54, 1.807) is 30.3 Å². The van der Waals surface area contributed by atoms with Gasteiger partial charge in [0.1, 0.15) is 6.61 Å². The first-order valence-corrected chi connectivity index (χ1v) is 12.9. The van der Waals surface area contributed by atoms with Crippen LogP contribution in [0.15, 0.2) is 72.8 Å². The molecule has 0 radical (unpaired) electrons. The molecule has 0 spiro atoms. The first-order chi connectivity index (χ1) is 18.8. The van der Waals surface area contributed by atoms with Gasteiger partial charge in [-0.15, -0.1) is 0 Å². The van der Waals surface area contributed by atoms with Crippen molar-refractivity contribution in [3.8, 4) is 0 Å². The zero-order chi connectivity index (χ0) is 28.2. The van der Waals surface area contributed by atoms with Crippen molar-refractivity contribution in [2.75, 3.05) is 13.2 Å². The number of nitrogens with zero attached hydrogens (tertiary/aromatic N) is 1. The summed E-state index contributed by atoms with van der Waals surface area (Å²) in [7, 11) is 0. The van der Waals surface area contributed by atoms with E-state index >= 15 is 0 Å². The molecule has 0 aromatic heterocycles. The third-order valence-electron chi connectivity index (χ3n) is 6.33. The fraction of sp³-hybridized carbons (Fsp3) is 0.367. The molecule has 206 valence electrons. The van der Waals surface area contributed by atoms with Gasteiger partial charge in [-0.2, -0.15) is 0 Å². The maximum absolute atomic E-state index is 14.0. The molecule has 1 fully saturated rings. The molecule has 9 heteroatoms. The number of ketones is 2. The average molecular weight is 536 g/mol. The molecule has 9 nitrogen and oxygen atoms in total. The first-order valence-electron chi connectivity index (χ1n) is 12.9. The van der Waals surface area contributed by atoms with Crippen LogP contribution in [0.3, 0.4) is 0 Å². The summed E-state index contributed by atoms with van der Waals surface area (Å²) in [4.78, 5) is 65.2. The summed E-state index contributed by atoms with van der Waals surface area (Å²) in [5.74, 6) is -3.82. The van der Waals surface area contributed by atoms with Crippen molar-refractivity contribution in [2.24, 2.45) is 5.92 Å². The minimum Gasteiger partial charge on any atom is -0.453 e. The lowest BCUT2D eigenvalue weighted by molar-refractivity contribution is -0.158. The number of carbonyl (C=O) groups is 5. The highest BCUT2D eigenvalue weighted by atomic mass is 16.6. The molecule has 0 aliphatic carbocycles. The average Bonchev–Trinajstić information content (AvgIpc) is 3.29. The minimum atomic E-state index is -1.57. The van der Waals surface area contributed by atoms with Gasteiger partial charge in [0.2, 0.25) is 5.91 Å². The molecule has 2 aromatic rings. The van der Waals surface area contributed by atoms with Crippen molar-refractivity contribution >= 4 is 29.5 Å². The van der Waals surface area contributed by atoms with E-state index in [0.717, 1.165) is 29.5 Å². The number of unbranched alkanes of at least 4 members (excludes halogenated alkanes) is 1. The highest BCUT2D eigenvalue weighted by molar-refractivity contribution is 6.04. The number of aliphatic hydroxyl groups is 1. The zero-order valence-electron chi connectivity index (χ0n) is 21.9. The van der Waals surface area contributed by atoms with Crippen molar-refractivity contribution < 1.29 is 38.6 Å². The molecule has 1 aliphatic heterocycles. The van der Waals surface area contributed by atoms with E-state index in [1.165, 1.54) is 0 Å². The number of imide groups is 1. The van der Waals surface area contributed by atoms with E-state index in [-0.39, 0.29) is 31.8 Å². The van der Waals surface area contributed by atoms with Crippen LogP contribution >= 0.6 is 0 Å². The Labute approximate surface area is 227 Å². The number of hydrogen-bond donors (Lipinski definition) is 1. The number of esters is 1. The molecule has 1 saturated heterocycles. The Morgan fingerprint density at radius 1 is 1.00 bits per heavy atom. The van der Waals surface area contributed by atoms with Gasteiger partial charge >= 0.3 is 12.1 Å². The van der Waals surface area contributed by atoms with Gasteiger partial charge in [0.25, 0.3) is 0 Å². The Hall–Kier alpha value is -4.11. The Bertz CT molecular complexity index is 1180. The molecule has 39 heavy (non-hydrogen) atoms. The summed E-state index contributed by atoms with van der Waals surface area (Å²) >= 11 is 0. The van der Waals surface area contributed by atoms with Crippen LogP contribution in [0.4, 0.5) is 4.79 Å². The molecule has 2 amide bonds. The second-order valence-electron chi connectivity index (χ2n) is 9.34. The predicted molar refractivity (Wildman–Crippen MR) is 141 cm³/mol. The van der Waals surface area contributed by atoms with Crippen LogP contribution in [0, 0.1) is 5.92 Å². The highest BCUT2D eigenvalue weighted by Gasteiger charge is 2.45. The van der Waals surface area contributed by atoms with Crippen LogP contribution < -0.4 is 0 Å². The van der Waals surface area contributed by atoms with Gasteiger partial charge in [-0.1, -0.05) is 60.7 Å². The lowest BCUT2D eigenvalue weighted by Crippen LogP contribution is -2.49. The van der Waals surface area contributed by atoms with Crippen LogP contribution in [-0.4, -0.2) is 64.9 Å². The van der Waals surface area contributed by atoms with E-state index in [2.05, 4.69) is 0 Å². The molecule has 0 unspecified atom stereocenters. The predicted octanol–water partition coefficient (Wildman–Crippen LogP) is 3.22. The monoisotopic (exact) mass is 535 g/mol. The summed E-state index contributed by atoms with van der Waals surface area (Å²) in [5.41, 5.74) is 1.59. The Kier molecular flexibility index (Phi) is 11.1. The van der Waals surface area contributed by atoms with Gasteiger partial charge in [-0.3, -0.25) is 19.2 Å². The summed E-state index contributed by atoms with van der Waals surface area (Å²) < 4.78 is 10.6. The summed E-state index contributed by atoms with van der Waals surface area (Å²) in [6.07, 6.45) is 1.09. The number of allylic oxidation sites excluding steroid dienone is 1. The summed E-state index contributed by atoms with van der Waals surface area (Å²) in [6.45, 7) is 1.07. The van der Waals surface area contributed by atoms with Gasteiger partial charge in [-0.05, 0) is 49.0 Å². The number of hydrogen-bond acceptors (Lipinski definition) is 8. The van der Waals surface area contributed by atoms with Crippen molar-refractivity contribution in [3.63, 3.8) is 0 Å². The SMILES string of the molecule is CC(=O)O[C@@H](C(=O)C=CC(=O)CCCCO)[C@@H](Cc1ccccc1)C(=O)N1C(=O)OC[C@H]1Cc1ccccc1. The number of aliphatic hydroxyl groups excluding tert-OH is 1. The topological polar surface area (TPSA) is 127 Å². The molecule has 2 aromatic carbocycles. The van der Waals surface area contributed by atoms with E-state index in [1.807, 2.05) is 30.3 Å². The molecular formula is C30H33NO8. The number of amides is 2. The van der Waals surface area contributed by atoms with Crippen molar-refractivity contribution in [1.82, 2.24) is 4.90 Å². The number of benzene rings is 2. The van der Waals surface area contributed by atoms with E-state index in [4.69, 9.17) is 14.6 Å². The number of cyclic esters (lactones) is 1. The number of rotatable bonds is 14. The van der Waals surface area contributed by atoms with Gasteiger partial charge < -0.3 is 14.6 Å². The molecule has 3 atom stereocenters. The van der Waals surface area contributed by atoms with Crippen molar-refractivity contribution in [2.45, 2.75) is 51.2 Å². The van der Waals surface area contributed by atoms with Crippen molar-refractivity contribution in [1.29, 1.82) is 0 Å². The van der Waals surface area contributed by atoms with Gasteiger partial charge in [0, 0.05) is 20.0 Å². The second kappa shape index (κ2) is 14.7. The Morgan fingerprint density at radius 3 is 2.26 bits per heavy atom. The van der Waals surface area contributed by atoms with E-state index in [0.29, 0.717) is 24.8 Å². The van der Waals surface area contributed by atoms with Crippen LogP contribution in [0.1, 0.15) is 37.3 Å². The molecule has 1 N–H and O–H groups in total. The molecular weight excluding hydrogens is 502 g/mol. The van der Waals surface area contributed by atoms with Gasteiger partial charge in [0.05, 0.1) is 12.0 Å². The Balaban J connectivity index is 1.91. The fourth-order valence-corrected chi connectivity index (χ4v) is 4.42. The molecule has 3 rings (SSSR count). The number of carbonyl (C=O) groups excluding carboxylic acids is 5. The zero-order valence-corrected chi connectivity index (χ0v) is 21.9. The fourth-order valence-electron chi connectivity index (χ4n) is 4.42. The molecule has 0 saturated carbocycles. The van der Waals surface area contributed by atoms with Crippen LogP contribution in [0.2, 0.25) is 0 Å². The normalized spacial score (nSPS) is 16.5. The van der Waals surface area contributed by atoms with E-state index < -0.39 is 41.8 Å². The lowest BCUT2D eigenvalue weighted by Gasteiger charge is -2.29. The summed E-state index contributed by atoms with van der Waals surface area (Å²) in [5, 5.41) is 8.90. The van der Waals surface area contributed by atoms with Crippen molar-refractivity contribution in [3.05, 3.63) is 83.9 Å². The maximum Gasteiger partial charge on any atom is 0.416 e.